The van der Waals surface area contributed by atoms with Crippen LogP contribution in [0.4, 0.5) is 17.1 Å². The van der Waals surface area contributed by atoms with Gasteiger partial charge >= 0.3 is 0 Å². The van der Waals surface area contributed by atoms with Gasteiger partial charge in [-0.2, -0.15) is 0 Å². The van der Waals surface area contributed by atoms with Crippen molar-refractivity contribution in [2.24, 2.45) is 5.84 Å². The van der Waals surface area contributed by atoms with E-state index in [9.17, 15) is 0 Å². The van der Waals surface area contributed by atoms with E-state index in [0.717, 1.165) is 17.0 Å². The second kappa shape index (κ2) is 5.07. The number of ether oxygens (including phenoxy) is 1. The Labute approximate surface area is 112 Å². The van der Waals surface area contributed by atoms with E-state index in [1.807, 2.05) is 31.2 Å². The molecule has 0 fully saturated rings. The molecule has 0 saturated heterocycles. The van der Waals surface area contributed by atoms with Crippen LogP contribution < -0.4 is 27.1 Å². The van der Waals surface area contributed by atoms with Crippen molar-refractivity contribution in [2.45, 2.75) is 6.92 Å². The third-order valence-corrected chi connectivity index (χ3v) is 2.81. The molecule has 0 bridgehead atoms. The Kier molecular flexibility index (Phi) is 3.48. The van der Waals surface area contributed by atoms with Crippen LogP contribution in [0.3, 0.4) is 0 Å². The van der Waals surface area contributed by atoms with E-state index in [-0.39, 0.29) is 0 Å². The van der Waals surface area contributed by atoms with Crippen LogP contribution in [0, 0.1) is 6.92 Å². The fourth-order valence-electron chi connectivity index (χ4n) is 1.83. The van der Waals surface area contributed by atoms with Gasteiger partial charge in [-0.15, -0.1) is 0 Å². The molecule has 5 heteroatoms. The van der Waals surface area contributed by atoms with Crippen molar-refractivity contribution in [3.05, 3.63) is 42.0 Å². The van der Waals surface area contributed by atoms with Crippen molar-refractivity contribution >= 4 is 17.1 Å². The highest BCUT2D eigenvalue weighted by atomic mass is 16.5. The molecule has 0 unspecified atom stereocenters. The standard InChI is InChI=1S/C14H18N4O/c1-9-7-10(15)3-6-14(9)19-11-4-5-13(18(2)17)12(16)8-11/h3-8H,15-17H2,1-2H3. The van der Waals surface area contributed by atoms with E-state index in [4.69, 9.17) is 22.0 Å². The number of hydrazine groups is 1. The summed E-state index contributed by atoms with van der Waals surface area (Å²) in [7, 11) is 1.73. The lowest BCUT2D eigenvalue weighted by Gasteiger charge is -2.16. The molecule has 100 valence electrons. The zero-order valence-electron chi connectivity index (χ0n) is 11.1. The molecule has 0 atom stereocenters. The predicted molar refractivity (Wildman–Crippen MR) is 79.1 cm³/mol. The minimum absolute atomic E-state index is 0.565. The van der Waals surface area contributed by atoms with Gasteiger partial charge in [-0.05, 0) is 42.8 Å². The lowest BCUT2D eigenvalue weighted by molar-refractivity contribution is 0.479. The first-order valence-corrected chi connectivity index (χ1v) is 5.89. The molecule has 2 aromatic carbocycles. The van der Waals surface area contributed by atoms with E-state index in [2.05, 4.69) is 0 Å². The fourth-order valence-corrected chi connectivity index (χ4v) is 1.83. The average molecular weight is 258 g/mol. The number of anilines is 3. The molecule has 0 amide bonds. The first kappa shape index (κ1) is 13.0. The Balaban J connectivity index is 2.26. The highest BCUT2D eigenvalue weighted by molar-refractivity contribution is 5.68. The minimum atomic E-state index is 0.565. The van der Waals surface area contributed by atoms with Gasteiger partial charge in [0, 0.05) is 18.8 Å². The largest absolute Gasteiger partial charge is 0.457 e. The monoisotopic (exact) mass is 258 g/mol. The number of rotatable bonds is 3. The summed E-state index contributed by atoms with van der Waals surface area (Å²) in [6, 6.07) is 10.9. The molecule has 0 aliphatic heterocycles. The molecule has 5 nitrogen and oxygen atoms in total. The second-order valence-corrected chi connectivity index (χ2v) is 4.46. The van der Waals surface area contributed by atoms with Crippen LogP contribution in [0.25, 0.3) is 0 Å². The lowest BCUT2D eigenvalue weighted by Crippen LogP contribution is -2.25. The van der Waals surface area contributed by atoms with Crippen molar-refractivity contribution in [2.75, 3.05) is 23.5 Å². The van der Waals surface area contributed by atoms with Gasteiger partial charge in [0.1, 0.15) is 11.5 Å². The summed E-state index contributed by atoms with van der Waals surface area (Å²) in [5, 5.41) is 1.47. The van der Waals surface area contributed by atoms with Crippen LogP contribution in [0.5, 0.6) is 11.5 Å². The zero-order valence-corrected chi connectivity index (χ0v) is 11.1. The molecule has 2 rings (SSSR count). The Morgan fingerprint density at radius 1 is 1.05 bits per heavy atom. The molecule has 2 aromatic rings. The maximum atomic E-state index is 5.92. The fraction of sp³-hybridized carbons (Fsp3) is 0.143. The minimum Gasteiger partial charge on any atom is -0.457 e. The van der Waals surface area contributed by atoms with E-state index < -0.39 is 0 Å². The third-order valence-electron chi connectivity index (χ3n) is 2.81. The van der Waals surface area contributed by atoms with Gasteiger partial charge in [0.25, 0.3) is 0 Å². The summed E-state index contributed by atoms with van der Waals surface area (Å²) in [6.45, 7) is 1.94. The molecule has 0 aromatic heterocycles. The maximum absolute atomic E-state index is 5.92. The SMILES string of the molecule is Cc1cc(N)ccc1Oc1ccc(N(C)N)c(N)c1. The smallest absolute Gasteiger partial charge is 0.130 e. The molecule has 19 heavy (non-hydrogen) atoms. The summed E-state index contributed by atoms with van der Waals surface area (Å²) in [4.78, 5) is 0. The quantitative estimate of drug-likeness (QED) is 0.446. The summed E-state index contributed by atoms with van der Waals surface area (Å²) >= 11 is 0. The van der Waals surface area contributed by atoms with Crippen molar-refractivity contribution in [1.82, 2.24) is 0 Å². The van der Waals surface area contributed by atoms with Crippen molar-refractivity contribution < 1.29 is 4.74 Å². The summed E-state index contributed by atoms with van der Waals surface area (Å²) in [5.74, 6) is 7.07. The third kappa shape index (κ3) is 2.89. The lowest BCUT2D eigenvalue weighted by atomic mass is 10.2. The Hall–Kier alpha value is -2.40. The number of nitrogens with zero attached hydrogens (tertiary/aromatic N) is 1. The molecule has 0 aliphatic rings. The highest BCUT2D eigenvalue weighted by Gasteiger charge is 2.06. The Morgan fingerprint density at radius 2 is 1.79 bits per heavy atom. The molecular formula is C14H18N4O. The summed E-state index contributed by atoms with van der Waals surface area (Å²) < 4.78 is 5.78. The van der Waals surface area contributed by atoms with E-state index >= 15 is 0 Å². The van der Waals surface area contributed by atoms with Crippen LogP contribution >= 0.6 is 0 Å². The molecule has 0 spiro atoms. The molecule has 0 radical (unpaired) electrons. The number of benzene rings is 2. The van der Waals surface area contributed by atoms with E-state index in [0.29, 0.717) is 17.1 Å². The number of hydrogen-bond donors (Lipinski definition) is 3. The van der Waals surface area contributed by atoms with Crippen molar-refractivity contribution in [1.29, 1.82) is 0 Å². The van der Waals surface area contributed by atoms with Gasteiger partial charge in [-0.25, -0.2) is 5.84 Å². The van der Waals surface area contributed by atoms with Crippen LogP contribution in [-0.4, -0.2) is 7.05 Å². The maximum Gasteiger partial charge on any atom is 0.130 e. The normalized spacial score (nSPS) is 10.3. The van der Waals surface area contributed by atoms with E-state index in [1.165, 1.54) is 5.01 Å². The first-order chi connectivity index (χ1) is 8.97. The molecule has 0 aliphatic carbocycles. The molecule has 6 N–H and O–H groups in total. The zero-order chi connectivity index (χ0) is 14.0. The van der Waals surface area contributed by atoms with Gasteiger partial charge in [0.15, 0.2) is 0 Å². The van der Waals surface area contributed by atoms with Crippen LogP contribution in [0.15, 0.2) is 36.4 Å². The number of nitrogen functional groups attached to an aromatic ring is 2. The predicted octanol–water partition coefficient (Wildman–Crippen LogP) is 2.26. The summed E-state index contributed by atoms with van der Waals surface area (Å²) in [5.41, 5.74) is 14.6. The molecular weight excluding hydrogens is 240 g/mol. The first-order valence-electron chi connectivity index (χ1n) is 5.89. The van der Waals surface area contributed by atoms with Crippen molar-refractivity contribution in [3.63, 3.8) is 0 Å². The molecule has 0 heterocycles. The highest BCUT2D eigenvalue weighted by Crippen LogP contribution is 2.30. The Bertz CT molecular complexity index is 596. The number of nitrogens with two attached hydrogens (primary N) is 3. The van der Waals surface area contributed by atoms with Crippen LogP contribution in [-0.2, 0) is 0 Å². The summed E-state index contributed by atoms with van der Waals surface area (Å²) in [6.07, 6.45) is 0. The second-order valence-electron chi connectivity index (χ2n) is 4.46. The number of aryl methyl sites for hydroxylation is 1. The van der Waals surface area contributed by atoms with Crippen molar-refractivity contribution in [3.8, 4) is 11.5 Å². The van der Waals surface area contributed by atoms with Gasteiger partial charge in [0.2, 0.25) is 0 Å². The topological polar surface area (TPSA) is 90.5 Å². The van der Waals surface area contributed by atoms with Gasteiger partial charge < -0.3 is 21.2 Å². The van der Waals surface area contributed by atoms with Gasteiger partial charge in [0.05, 0.1) is 11.4 Å². The van der Waals surface area contributed by atoms with Crippen LogP contribution in [0.1, 0.15) is 5.56 Å². The average Bonchev–Trinajstić information content (AvgIpc) is 2.32. The van der Waals surface area contributed by atoms with Crippen LogP contribution in [0.2, 0.25) is 0 Å². The van der Waals surface area contributed by atoms with Gasteiger partial charge in [-0.1, -0.05) is 0 Å². The van der Waals surface area contributed by atoms with Gasteiger partial charge in [-0.3, -0.25) is 0 Å². The van der Waals surface area contributed by atoms with E-state index in [1.54, 1.807) is 19.2 Å². The Morgan fingerprint density at radius 3 is 2.37 bits per heavy atom. The molecule has 0 saturated carbocycles. The number of hydrogen-bond acceptors (Lipinski definition) is 5.